The number of nitrogens with one attached hydrogen (secondary N) is 2. The molecule has 0 bridgehead atoms. The molecule has 142 valence electrons. The van der Waals surface area contributed by atoms with E-state index in [1.807, 2.05) is 12.4 Å². The highest BCUT2D eigenvalue weighted by Gasteiger charge is 2.27. The summed E-state index contributed by atoms with van der Waals surface area (Å²) in [6.07, 6.45) is 11.0. The summed E-state index contributed by atoms with van der Waals surface area (Å²) >= 11 is 1.69. The molecule has 26 heavy (non-hydrogen) atoms. The Morgan fingerprint density at radius 1 is 1.46 bits per heavy atom. The van der Waals surface area contributed by atoms with E-state index in [-0.39, 0.29) is 24.4 Å². The summed E-state index contributed by atoms with van der Waals surface area (Å²) in [6, 6.07) is 0.193. The maximum Gasteiger partial charge on any atom is 0.224 e. The minimum absolute atomic E-state index is 0. The van der Waals surface area contributed by atoms with Crippen molar-refractivity contribution in [2.75, 3.05) is 29.6 Å². The number of thioether (sulfide) groups is 1. The number of anilines is 2. The Kier molecular flexibility index (Phi) is 5.99. The number of H-pyrrole nitrogens is 1. The number of fused-ring (bicyclic) bond motifs is 1. The van der Waals surface area contributed by atoms with E-state index in [0.717, 1.165) is 53.2 Å². The molecule has 2 fully saturated rings. The Labute approximate surface area is 164 Å². The van der Waals surface area contributed by atoms with E-state index in [9.17, 15) is 4.79 Å². The summed E-state index contributed by atoms with van der Waals surface area (Å²) in [4.78, 5) is 23.5. The molecule has 3 heterocycles. The molecule has 1 aliphatic carbocycles. The normalized spacial score (nSPS) is 20.1. The highest BCUT2D eigenvalue weighted by Crippen LogP contribution is 2.40. The van der Waals surface area contributed by atoms with Gasteiger partial charge in [0.1, 0.15) is 5.65 Å². The molecule has 0 aromatic carbocycles. The zero-order chi connectivity index (χ0) is 17.4. The molecule has 0 spiro atoms. The van der Waals surface area contributed by atoms with Crippen molar-refractivity contribution in [1.29, 1.82) is 0 Å². The third kappa shape index (κ3) is 3.94. The highest BCUT2D eigenvalue weighted by atomic mass is 35.5. The quantitative estimate of drug-likeness (QED) is 0.675. The number of hydrogen-bond donors (Lipinski definition) is 3. The lowest BCUT2D eigenvalue weighted by Gasteiger charge is -2.34. The van der Waals surface area contributed by atoms with Crippen molar-refractivity contribution in [2.24, 2.45) is 11.7 Å². The van der Waals surface area contributed by atoms with Crippen LogP contribution in [0.4, 0.5) is 11.4 Å². The van der Waals surface area contributed by atoms with Crippen LogP contribution >= 0.6 is 24.2 Å². The number of amides is 1. The largest absolute Gasteiger partial charge is 0.368 e. The first-order valence-corrected chi connectivity index (χ1v) is 10.2. The van der Waals surface area contributed by atoms with E-state index >= 15 is 0 Å². The van der Waals surface area contributed by atoms with Gasteiger partial charge in [-0.25, -0.2) is 4.98 Å². The SMILES string of the molecule is CSc1cnc2[nH]cc(NC(=O)CC3CC3)c2c1N1CCC[C@@H](N)C1.Cl. The fourth-order valence-corrected chi connectivity index (χ4v) is 4.20. The summed E-state index contributed by atoms with van der Waals surface area (Å²) in [5, 5.41) is 4.11. The number of carbonyl (C=O) groups is 1. The molecule has 4 N–H and O–H groups in total. The first kappa shape index (κ1) is 19.3. The van der Waals surface area contributed by atoms with Crippen molar-refractivity contribution in [1.82, 2.24) is 9.97 Å². The molecule has 2 aromatic rings. The number of nitrogens with two attached hydrogens (primary N) is 1. The van der Waals surface area contributed by atoms with Crippen LogP contribution in [-0.4, -0.2) is 41.3 Å². The summed E-state index contributed by atoms with van der Waals surface area (Å²) in [7, 11) is 0. The van der Waals surface area contributed by atoms with Crippen LogP contribution in [-0.2, 0) is 4.79 Å². The maximum absolute atomic E-state index is 12.3. The summed E-state index contributed by atoms with van der Waals surface area (Å²) in [6.45, 7) is 1.83. The molecule has 0 radical (unpaired) electrons. The molecule has 6 nitrogen and oxygen atoms in total. The third-order valence-corrected chi connectivity index (χ3v) is 5.82. The summed E-state index contributed by atoms with van der Waals surface area (Å²) in [5.74, 6) is 0.670. The van der Waals surface area contributed by atoms with Crippen LogP contribution in [0.5, 0.6) is 0 Å². The lowest BCUT2D eigenvalue weighted by atomic mass is 10.1. The second kappa shape index (κ2) is 8.06. The van der Waals surface area contributed by atoms with Crippen molar-refractivity contribution >= 4 is 52.5 Å². The van der Waals surface area contributed by atoms with Crippen LogP contribution in [0.3, 0.4) is 0 Å². The van der Waals surface area contributed by atoms with Gasteiger partial charge in [-0.3, -0.25) is 4.79 Å². The van der Waals surface area contributed by atoms with E-state index in [1.54, 1.807) is 11.8 Å². The molecular weight excluding hydrogens is 370 g/mol. The summed E-state index contributed by atoms with van der Waals surface area (Å²) in [5.41, 5.74) is 9.01. The van der Waals surface area contributed by atoms with E-state index < -0.39 is 0 Å². The fourth-order valence-electron chi connectivity index (χ4n) is 3.62. The average molecular weight is 396 g/mol. The molecule has 1 aliphatic heterocycles. The number of rotatable bonds is 5. The molecule has 1 saturated carbocycles. The van der Waals surface area contributed by atoms with Crippen molar-refractivity contribution in [3.05, 3.63) is 12.4 Å². The van der Waals surface area contributed by atoms with E-state index in [4.69, 9.17) is 5.73 Å². The molecule has 4 rings (SSSR count). The molecule has 1 atom stereocenters. The molecule has 1 saturated heterocycles. The van der Waals surface area contributed by atoms with E-state index in [2.05, 4.69) is 26.4 Å². The Morgan fingerprint density at radius 3 is 2.96 bits per heavy atom. The lowest BCUT2D eigenvalue weighted by molar-refractivity contribution is -0.116. The van der Waals surface area contributed by atoms with Crippen LogP contribution < -0.4 is 16.0 Å². The van der Waals surface area contributed by atoms with Gasteiger partial charge in [0.05, 0.1) is 16.8 Å². The summed E-state index contributed by atoms with van der Waals surface area (Å²) < 4.78 is 0. The third-order valence-electron chi connectivity index (χ3n) is 5.08. The standard InChI is InChI=1S/C18H25N5OS.ClH/c1-25-14-9-21-18-16(17(14)23-6-2-3-12(19)10-23)13(8-20-18)22-15(24)7-11-4-5-11;/h8-9,11-12H,2-7,10,19H2,1H3,(H,20,21)(H,22,24);1H/t12-;/m1./s1. The fraction of sp³-hybridized carbons (Fsp3) is 0.556. The van der Waals surface area contributed by atoms with Gasteiger partial charge in [-0.05, 0) is 37.9 Å². The van der Waals surface area contributed by atoms with Crippen LogP contribution in [0.15, 0.2) is 17.3 Å². The Bertz CT molecular complexity index is 791. The second-order valence-electron chi connectivity index (χ2n) is 7.15. The van der Waals surface area contributed by atoms with Crippen LogP contribution in [0.25, 0.3) is 11.0 Å². The average Bonchev–Trinajstić information content (AvgIpc) is 3.33. The van der Waals surface area contributed by atoms with Crippen LogP contribution in [0, 0.1) is 5.92 Å². The minimum atomic E-state index is 0. The van der Waals surface area contributed by atoms with Crippen molar-refractivity contribution in [3.63, 3.8) is 0 Å². The number of pyridine rings is 1. The Morgan fingerprint density at radius 2 is 2.27 bits per heavy atom. The maximum atomic E-state index is 12.3. The van der Waals surface area contributed by atoms with Gasteiger partial charge in [-0.2, -0.15) is 0 Å². The van der Waals surface area contributed by atoms with E-state index in [1.165, 1.54) is 12.8 Å². The first-order valence-electron chi connectivity index (χ1n) is 9.00. The lowest BCUT2D eigenvalue weighted by Crippen LogP contribution is -2.43. The predicted molar refractivity (Wildman–Crippen MR) is 111 cm³/mol. The van der Waals surface area contributed by atoms with Gasteiger partial charge in [0, 0.05) is 42.8 Å². The first-order chi connectivity index (χ1) is 12.2. The van der Waals surface area contributed by atoms with Gasteiger partial charge < -0.3 is 20.9 Å². The highest BCUT2D eigenvalue weighted by molar-refractivity contribution is 7.98. The molecular formula is C18H26ClN5OS. The molecule has 1 amide bonds. The molecule has 0 unspecified atom stereocenters. The topological polar surface area (TPSA) is 87.0 Å². The van der Waals surface area contributed by atoms with Crippen LogP contribution in [0.2, 0.25) is 0 Å². The molecule has 2 aliphatic rings. The van der Waals surface area contributed by atoms with Gasteiger partial charge in [0.25, 0.3) is 0 Å². The number of piperidine rings is 1. The van der Waals surface area contributed by atoms with E-state index in [0.29, 0.717) is 12.3 Å². The monoisotopic (exact) mass is 395 g/mol. The zero-order valence-electron chi connectivity index (χ0n) is 15.0. The number of carbonyl (C=O) groups excluding carboxylic acids is 1. The zero-order valence-corrected chi connectivity index (χ0v) is 16.6. The van der Waals surface area contributed by atoms with Gasteiger partial charge >= 0.3 is 0 Å². The van der Waals surface area contributed by atoms with Gasteiger partial charge in [-0.1, -0.05) is 0 Å². The minimum Gasteiger partial charge on any atom is -0.368 e. The molecule has 8 heteroatoms. The Hall–Kier alpha value is -1.44. The number of hydrogen-bond acceptors (Lipinski definition) is 5. The predicted octanol–water partition coefficient (Wildman–Crippen LogP) is 3.37. The van der Waals surface area contributed by atoms with Gasteiger partial charge in [0.15, 0.2) is 0 Å². The molecule has 2 aromatic heterocycles. The number of aromatic amines is 1. The van der Waals surface area contributed by atoms with Crippen molar-refractivity contribution in [2.45, 2.75) is 43.0 Å². The van der Waals surface area contributed by atoms with Crippen molar-refractivity contribution < 1.29 is 4.79 Å². The number of aromatic nitrogens is 2. The smallest absolute Gasteiger partial charge is 0.224 e. The van der Waals surface area contributed by atoms with Gasteiger partial charge in [-0.15, -0.1) is 24.2 Å². The Balaban J connectivity index is 0.00000196. The van der Waals surface area contributed by atoms with Crippen LogP contribution in [0.1, 0.15) is 32.1 Å². The number of halogens is 1. The number of nitrogens with zero attached hydrogens (tertiary/aromatic N) is 2. The van der Waals surface area contributed by atoms with Gasteiger partial charge in [0.2, 0.25) is 5.91 Å². The second-order valence-corrected chi connectivity index (χ2v) is 7.99. The van der Waals surface area contributed by atoms with Crippen molar-refractivity contribution in [3.8, 4) is 0 Å².